The highest BCUT2D eigenvalue weighted by molar-refractivity contribution is 5.76. The number of nitro groups is 2. The first-order valence-corrected chi connectivity index (χ1v) is 7.18. The van der Waals surface area contributed by atoms with Crippen LogP contribution in [0.2, 0.25) is 0 Å². The van der Waals surface area contributed by atoms with E-state index in [-0.39, 0.29) is 31.5 Å². The molecule has 26 heavy (non-hydrogen) atoms. The molecule has 0 amide bonds. The molecule has 1 saturated heterocycles. The minimum Gasteiger partial charge on any atom is -0.360 e. The summed E-state index contributed by atoms with van der Waals surface area (Å²) in [6.45, 7) is -0.990. The van der Waals surface area contributed by atoms with Gasteiger partial charge in [0.05, 0.1) is 21.3 Å². The molecule has 0 spiro atoms. The van der Waals surface area contributed by atoms with Crippen molar-refractivity contribution in [3.8, 4) is 0 Å². The number of piperidine rings is 1. The maximum atomic E-state index is 12.9. The van der Waals surface area contributed by atoms with Crippen LogP contribution in [-0.2, 0) is 6.18 Å². The average molecular weight is 387 g/mol. The van der Waals surface area contributed by atoms with E-state index in [2.05, 4.69) is 0 Å². The zero-order valence-electron chi connectivity index (χ0n) is 12.8. The summed E-state index contributed by atoms with van der Waals surface area (Å²) in [7, 11) is 0. The molecule has 0 radical (unpaired) electrons. The van der Waals surface area contributed by atoms with E-state index in [4.69, 9.17) is 0 Å². The van der Waals surface area contributed by atoms with Crippen LogP contribution in [0.1, 0.15) is 18.4 Å². The molecule has 0 aromatic heterocycles. The molecule has 1 fully saturated rings. The van der Waals surface area contributed by atoms with Crippen LogP contribution >= 0.6 is 0 Å². The van der Waals surface area contributed by atoms with E-state index in [9.17, 15) is 46.6 Å². The van der Waals surface area contributed by atoms with E-state index in [0.29, 0.717) is 0 Å². The quantitative estimate of drug-likeness (QED) is 0.438. The van der Waals surface area contributed by atoms with Crippen molar-refractivity contribution in [3.63, 3.8) is 0 Å². The van der Waals surface area contributed by atoms with Crippen LogP contribution < -0.4 is 4.90 Å². The molecular formula is C13H11F6N3O4. The molecule has 0 saturated carbocycles. The molecule has 0 aliphatic carbocycles. The monoisotopic (exact) mass is 387 g/mol. The van der Waals surface area contributed by atoms with Gasteiger partial charge >= 0.3 is 12.4 Å². The normalized spacial score (nSPS) is 18.7. The molecular weight excluding hydrogens is 376 g/mol. The fourth-order valence-electron chi connectivity index (χ4n) is 2.82. The molecule has 144 valence electrons. The van der Waals surface area contributed by atoms with Crippen molar-refractivity contribution in [2.24, 2.45) is 5.92 Å². The third-order valence-corrected chi connectivity index (χ3v) is 3.99. The highest BCUT2D eigenvalue weighted by atomic mass is 19.4. The summed E-state index contributed by atoms with van der Waals surface area (Å²) >= 11 is 0. The molecule has 1 unspecified atom stereocenters. The van der Waals surface area contributed by atoms with Gasteiger partial charge in [-0.1, -0.05) is 0 Å². The van der Waals surface area contributed by atoms with Crippen LogP contribution in [0, 0.1) is 26.1 Å². The number of benzene rings is 1. The van der Waals surface area contributed by atoms with Crippen molar-refractivity contribution in [3.05, 3.63) is 37.9 Å². The molecule has 0 N–H and O–H groups in total. The maximum absolute atomic E-state index is 12.9. The molecule has 1 aromatic rings. The Morgan fingerprint density at radius 1 is 1.00 bits per heavy atom. The molecule has 1 aliphatic rings. The van der Waals surface area contributed by atoms with Crippen LogP contribution in [0.4, 0.5) is 43.4 Å². The molecule has 1 aromatic carbocycles. The van der Waals surface area contributed by atoms with Gasteiger partial charge in [0.1, 0.15) is 0 Å². The van der Waals surface area contributed by atoms with E-state index in [1.165, 1.54) is 0 Å². The third-order valence-electron chi connectivity index (χ3n) is 3.99. The topological polar surface area (TPSA) is 89.5 Å². The summed E-state index contributed by atoms with van der Waals surface area (Å²) in [5.41, 5.74) is -4.98. The number of halogens is 6. The van der Waals surface area contributed by atoms with Crippen molar-refractivity contribution in [1.29, 1.82) is 0 Å². The van der Waals surface area contributed by atoms with Gasteiger partial charge in [-0.2, -0.15) is 26.3 Å². The summed E-state index contributed by atoms with van der Waals surface area (Å²) < 4.78 is 77.4. The molecule has 1 aliphatic heterocycles. The van der Waals surface area contributed by atoms with Gasteiger partial charge in [-0.25, -0.2) is 0 Å². The zero-order chi connectivity index (χ0) is 19.9. The smallest absolute Gasteiger partial charge is 0.360 e. The van der Waals surface area contributed by atoms with E-state index >= 15 is 0 Å². The van der Waals surface area contributed by atoms with Crippen LogP contribution in [0.15, 0.2) is 12.1 Å². The first-order chi connectivity index (χ1) is 11.8. The van der Waals surface area contributed by atoms with E-state index < -0.39 is 57.3 Å². The van der Waals surface area contributed by atoms with Gasteiger partial charge in [-0.3, -0.25) is 20.2 Å². The minimum absolute atomic E-state index is 0.0699. The molecule has 0 bridgehead atoms. The van der Waals surface area contributed by atoms with E-state index in [1.807, 2.05) is 0 Å². The highest BCUT2D eigenvalue weighted by Gasteiger charge is 2.45. The van der Waals surface area contributed by atoms with Gasteiger partial charge in [0.2, 0.25) is 0 Å². The van der Waals surface area contributed by atoms with Gasteiger partial charge in [0.25, 0.3) is 11.4 Å². The number of nitrogens with zero attached hydrogens (tertiary/aromatic N) is 3. The van der Waals surface area contributed by atoms with Crippen LogP contribution in [0.3, 0.4) is 0 Å². The second kappa shape index (κ2) is 6.61. The lowest BCUT2D eigenvalue weighted by atomic mass is 9.96. The number of nitro benzene ring substituents is 2. The molecule has 7 nitrogen and oxygen atoms in total. The SMILES string of the molecule is O=[N+]([O-])c1cc(C(F)(F)F)cc([N+](=O)[O-])c1N1CCCC(C(F)(F)F)C1. The zero-order valence-corrected chi connectivity index (χ0v) is 12.8. The lowest BCUT2D eigenvalue weighted by Gasteiger charge is -2.34. The van der Waals surface area contributed by atoms with Gasteiger partial charge in [-0.15, -0.1) is 0 Å². The Kier molecular flexibility index (Phi) is 5.01. The fourth-order valence-corrected chi connectivity index (χ4v) is 2.82. The maximum Gasteiger partial charge on any atom is 0.416 e. The largest absolute Gasteiger partial charge is 0.416 e. The first-order valence-electron chi connectivity index (χ1n) is 7.18. The Balaban J connectivity index is 2.63. The third kappa shape index (κ3) is 3.96. The Bertz CT molecular complexity index is 699. The first kappa shape index (κ1) is 19.7. The summed E-state index contributed by atoms with van der Waals surface area (Å²) in [4.78, 5) is 20.6. The Hall–Kier alpha value is -2.60. The number of hydrogen-bond donors (Lipinski definition) is 0. The summed E-state index contributed by atoms with van der Waals surface area (Å²) in [6, 6.07) is 0.194. The van der Waals surface area contributed by atoms with Crippen molar-refractivity contribution < 1.29 is 36.2 Å². The van der Waals surface area contributed by atoms with Crippen LogP contribution in [0.5, 0.6) is 0 Å². The van der Waals surface area contributed by atoms with Crippen LogP contribution in [-0.4, -0.2) is 29.1 Å². The Morgan fingerprint density at radius 2 is 1.50 bits per heavy atom. The molecule has 13 heteroatoms. The van der Waals surface area contributed by atoms with E-state index in [0.717, 1.165) is 4.90 Å². The van der Waals surface area contributed by atoms with Gasteiger partial charge in [0.15, 0.2) is 5.69 Å². The lowest BCUT2D eigenvalue weighted by molar-refractivity contribution is -0.393. The predicted octanol–water partition coefficient (Wildman–Crippen LogP) is 4.30. The number of alkyl halides is 6. The lowest BCUT2D eigenvalue weighted by Crippen LogP contribution is -2.42. The molecule has 1 heterocycles. The minimum atomic E-state index is -5.09. The van der Waals surface area contributed by atoms with Crippen molar-refractivity contribution in [2.75, 3.05) is 18.0 Å². The fraction of sp³-hybridized carbons (Fsp3) is 0.538. The second-order valence-electron chi connectivity index (χ2n) is 5.70. The number of hydrogen-bond acceptors (Lipinski definition) is 5. The predicted molar refractivity (Wildman–Crippen MR) is 75.7 cm³/mol. The molecule has 2 rings (SSSR count). The van der Waals surface area contributed by atoms with Crippen LogP contribution in [0.25, 0.3) is 0 Å². The summed E-state index contributed by atoms with van der Waals surface area (Å²) in [5.74, 6) is -1.89. The Labute approximate surface area is 141 Å². The number of anilines is 1. The number of rotatable bonds is 3. The van der Waals surface area contributed by atoms with Gasteiger partial charge < -0.3 is 4.90 Å². The standard InChI is InChI=1S/C13H11F6N3O4/c14-12(15,16)7-2-1-3-20(6-7)11-9(21(23)24)4-8(13(17,18)19)5-10(11)22(25)26/h4-5,7H,1-3,6H2. The Morgan fingerprint density at radius 3 is 1.88 bits per heavy atom. The van der Waals surface area contributed by atoms with Crippen molar-refractivity contribution >= 4 is 17.1 Å². The van der Waals surface area contributed by atoms with Gasteiger partial charge in [0, 0.05) is 25.2 Å². The summed E-state index contributed by atoms with van der Waals surface area (Å²) in [6.07, 6.45) is -10.1. The van der Waals surface area contributed by atoms with E-state index in [1.54, 1.807) is 0 Å². The molecule has 1 atom stereocenters. The summed E-state index contributed by atoms with van der Waals surface area (Å²) in [5, 5.41) is 22.3. The van der Waals surface area contributed by atoms with Crippen molar-refractivity contribution in [2.45, 2.75) is 25.2 Å². The highest BCUT2D eigenvalue weighted by Crippen LogP contribution is 2.45. The van der Waals surface area contributed by atoms with Gasteiger partial charge in [-0.05, 0) is 12.8 Å². The average Bonchev–Trinajstić information content (AvgIpc) is 2.51. The van der Waals surface area contributed by atoms with Crippen molar-refractivity contribution in [1.82, 2.24) is 0 Å². The second-order valence-corrected chi connectivity index (χ2v) is 5.70.